The van der Waals surface area contributed by atoms with Crippen LogP contribution >= 0.6 is 0 Å². The lowest BCUT2D eigenvalue weighted by Gasteiger charge is -2.09. The Morgan fingerprint density at radius 2 is 1.90 bits per heavy atom. The summed E-state index contributed by atoms with van der Waals surface area (Å²) < 4.78 is 0. The number of carbonyl (C=O) groups excluding carboxylic acids is 1. The van der Waals surface area contributed by atoms with E-state index in [4.69, 9.17) is 0 Å². The van der Waals surface area contributed by atoms with Gasteiger partial charge < -0.3 is 16.0 Å². The molecule has 1 rings (SSSR count). The number of hydrogen-bond donors (Lipinski definition) is 3. The highest BCUT2D eigenvalue weighted by atomic mass is 16.1. The zero-order valence-corrected chi connectivity index (χ0v) is 12.5. The van der Waals surface area contributed by atoms with Crippen molar-refractivity contribution in [3.8, 4) is 0 Å². The van der Waals surface area contributed by atoms with Crippen molar-refractivity contribution in [1.29, 1.82) is 0 Å². The van der Waals surface area contributed by atoms with Crippen LogP contribution in [0.5, 0.6) is 0 Å². The van der Waals surface area contributed by atoms with Crippen molar-refractivity contribution in [2.45, 2.75) is 26.3 Å². The van der Waals surface area contributed by atoms with Crippen LogP contribution in [-0.4, -0.2) is 32.5 Å². The number of nitrogens with zero attached hydrogens (tertiary/aromatic N) is 1. The summed E-state index contributed by atoms with van der Waals surface area (Å²) in [5.74, 6) is 0.732. The van der Waals surface area contributed by atoms with E-state index >= 15 is 0 Å². The lowest BCUT2D eigenvalue weighted by atomic mass is 10.1. The van der Waals surface area contributed by atoms with Crippen molar-refractivity contribution in [2.75, 3.05) is 20.6 Å². The number of guanidine groups is 1. The summed E-state index contributed by atoms with van der Waals surface area (Å²) in [4.78, 5) is 15.9. The molecule has 0 saturated heterocycles. The molecule has 0 unspecified atom stereocenters. The van der Waals surface area contributed by atoms with E-state index in [1.54, 1.807) is 7.05 Å². The Labute approximate surface area is 120 Å². The Hall–Kier alpha value is -2.04. The number of unbranched alkanes of at least 4 members (excludes halogenated alkanes) is 1. The average Bonchev–Trinajstić information content (AvgIpc) is 2.49. The van der Waals surface area contributed by atoms with E-state index in [0.717, 1.165) is 30.9 Å². The Balaban J connectivity index is 2.49. The number of benzene rings is 1. The van der Waals surface area contributed by atoms with Gasteiger partial charge in [-0.05, 0) is 24.1 Å². The summed E-state index contributed by atoms with van der Waals surface area (Å²) in [7, 11) is 3.54. The molecule has 5 heteroatoms. The molecule has 0 spiro atoms. The number of amides is 1. The highest BCUT2D eigenvalue weighted by Crippen LogP contribution is 2.04. The van der Waals surface area contributed by atoms with Gasteiger partial charge in [0.25, 0.3) is 5.91 Å². The first-order chi connectivity index (χ1) is 9.71. The monoisotopic (exact) mass is 276 g/mol. The Morgan fingerprint density at radius 3 is 2.45 bits per heavy atom. The molecule has 0 bridgehead atoms. The topological polar surface area (TPSA) is 65.5 Å². The van der Waals surface area contributed by atoms with Gasteiger partial charge in [-0.2, -0.15) is 0 Å². The zero-order chi connectivity index (χ0) is 14.8. The standard InChI is InChI=1S/C15H24N4O/c1-4-5-10-18-14(20)13-8-6-12(7-9-13)11-19-15(16-2)17-3/h6-9H,4-5,10-11H2,1-3H3,(H,18,20)(H2,16,17,19). The summed E-state index contributed by atoms with van der Waals surface area (Å²) in [5, 5.41) is 9.02. The van der Waals surface area contributed by atoms with Crippen LogP contribution in [0.3, 0.4) is 0 Å². The fourth-order valence-electron chi connectivity index (χ4n) is 1.72. The fourth-order valence-corrected chi connectivity index (χ4v) is 1.72. The summed E-state index contributed by atoms with van der Waals surface area (Å²) in [5.41, 5.74) is 1.80. The SMILES string of the molecule is CCCCNC(=O)c1ccc(CNC(=NC)NC)cc1. The van der Waals surface area contributed by atoms with E-state index in [9.17, 15) is 4.79 Å². The van der Waals surface area contributed by atoms with Gasteiger partial charge in [-0.15, -0.1) is 0 Å². The van der Waals surface area contributed by atoms with Gasteiger partial charge in [-0.25, -0.2) is 0 Å². The molecule has 20 heavy (non-hydrogen) atoms. The second-order valence-corrected chi connectivity index (χ2v) is 4.48. The minimum absolute atomic E-state index is 0.0102. The molecule has 0 aliphatic heterocycles. The normalized spacial score (nSPS) is 11.1. The van der Waals surface area contributed by atoms with Gasteiger partial charge in [0, 0.05) is 32.7 Å². The summed E-state index contributed by atoms with van der Waals surface area (Å²) in [6.45, 7) is 3.51. The Kier molecular flexibility index (Phi) is 7.17. The van der Waals surface area contributed by atoms with Gasteiger partial charge >= 0.3 is 0 Å². The van der Waals surface area contributed by atoms with Gasteiger partial charge in [0.15, 0.2) is 5.96 Å². The molecule has 3 N–H and O–H groups in total. The third-order valence-corrected chi connectivity index (χ3v) is 2.95. The molecular weight excluding hydrogens is 252 g/mol. The molecule has 0 radical (unpaired) electrons. The first-order valence-corrected chi connectivity index (χ1v) is 6.96. The van der Waals surface area contributed by atoms with Crippen molar-refractivity contribution in [3.63, 3.8) is 0 Å². The lowest BCUT2D eigenvalue weighted by molar-refractivity contribution is 0.0953. The van der Waals surface area contributed by atoms with E-state index in [-0.39, 0.29) is 5.91 Å². The minimum Gasteiger partial charge on any atom is -0.359 e. The molecule has 0 aromatic heterocycles. The van der Waals surface area contributed by atoms with Gasteiger partial charge in [-0.1, -0.05) is 25.5 Å². The molecule has 0 aliphatic carbocycles. The highest BCUT2D eigenvalue weighted by molar-refractivity contribution is 5.94. The van der Waals surface area contributed by atoms with Crippen LogP contribution in [0.2, 0.25) is 0 Å². The van der Waals surface area contributed by atoms with E-state index in [1.807, 2.05) is 31.3 Å². The summed E-state index contributed by atoms with van der Waals surface area (Å²) in [6.07, 6.45) is 2.09. The number of hydrogen-bond acceptors (Lipinski definition) is 2. The molecule has 0 fully saturated rings. The lowest BCUT2D eigenvalue weighted by Crippen LogP contribution is -2.34. The maximum atomic E-state index is 11.8. The van der Waals surface area contributed by atoms with Crippen LogP contribution in [0.15, 0.2) is 29.3 Å². The molecular formula is C15H24N4O. The molecule has 0 atom stereocenters. The minimum atomic E-state index is -0.0102. The molecule has 1 aromatic rings. The second-order valence-electron chi connectivity index (χ2n) is 4.48. The number of rotatable bonds is 6. The van der Waals surface area contributed by atoms with Crippen molar-refractivity contribution in [3.05, 3.63) is 35.4 Å². The molecule has 5 nitrogen and oxygen atoms in total. The Bertz CT molecular complexity index is 440. The van der Waals surface area contributed by atoms with Gasteiger partial charge in [-0.3, -0.25) is 9.79 Å². The number of nitrogens with one attached hydrogen (secondary N) is 3. The maximum absolute atomic E-state index is 11.8. The van der Waals surface area contributed by atoms with E-state index < -0.39 is 0 Å². The molecule has 0 saturated carbocycles. The fraction of sp³-hybridized carbons (Fsp3) is 0.467. The summed E-state index contributed by atoms with van der Waals surface area (Å²) in [6, 6.07) is 7.59. The molecule has 110 valence electrons. The van der Waals surface area contributed by atoms with E-state index in [0.29, 0.717) is 12.1 Å². The van der Waals surface area contributed by atoms with Crippen LogP contribution in [0.1, 0.15) is 35.7 Å². The van der Waals surface area contributed by atoms with Crippen molar-refractivity contribution in [2.24, 2.45) is 4.99 Å². The van der Waals surface area contributed by atoms with E-state index in [2.05, 4.69) is 27.9 Å². The van der Waals surface area contributed by atoms with Crippen LogP contribution in [0.4, 0.5) is 0 Å². The second kappa shape index (κ2) is 8.96. The Morgan fingerprint density at radius 1 is 1.20 bits per heavy atom. The highest BCUT2D eigenvalue weighted by Gasteiger charge is 2.04. The smallest absolute Gasteiger partial charge is 0.251 e. The third-order valence-electron chi connectivity index (χ3n) is 2.95. The first kappa shape index (κ1) is 16.0. The maximum Gasteiger partial charge on any atom is 0.251 e. The predicted octanol–water partition coefficient (Wildman–Crippen LogP) is 1.51. The molecule has 1 aromatic carbocycles. The molecule has 1 amide bonds. The third kappa shape index (κ3) is 5.30. The predicted molar refractivity (Wildman–Crippen MR) is 82.9 cm³/mol. The van der Waals surface area contributed by atoms with Gasteiger partial charge in [0.1, 0.15) is 0 Å². The van der Waals surface area contributed by atoms with Crippen molar-refractivity contribution >= 4 is 11.9 Å². The molecule has 0 heterocycles. The molecule has 0 aliphatic rings. The van der Waals surface area contributed by atoms with Crippen LogP contribution in [-0.2, 0) is 6.54 Å². The van der Waals surface area contributed by atoms with Gasteiger partial charge in [0.2, 0.25) is 0 Å². The van der Waals surface area contributed by atoms with Crippen LogP contribution < -0.4 is 16.0 Å². The summed E-state index contributed by atoms with van der Waals surface area (Å²) >= 11 is 0. The quantitative estimate of drug-likeness (QED) is 0.419. The number of aliphatic imine (C=N–C) groups is 1. The van der Waals surface area contributed by atoms with Crippen molar-refractivity contribution in [1.82, 2.24) is 16.0 Å². The van der Waals surface area contributed by atoms with E-state index in [1.165, 1.54) is 0 Å². The van der Waals surface area contributed by atoms with Crippen LogP contribution in [0.25, 0.3) is 0 Å². The van der Waals surface area contributed by atoms with Crippen LogP contribution in [0, 0.1) is 0 Å². The van der Waals surface area contributed by atoms with Crippen molar-refractivity contribution < 1.29 is 4.79 Å². The van der Waals surface area contributed by atoms with Gasteiger partial charge in [0.05, 0.1) is 0 Å². The zero-order valence-electron chi connectivity index (χ0n) is 12.5. The number of carbonyl (C=O) groups is 1. The first-order valence-electron chi connectivity index (χ1n) is 6.96. The largest absolute Gasteiger partial charge is 0.359 e. The average molecular weight is 276 g/mol.